The molecule has 3 heteroatoms. The molecule has 2 heterocycles. The molecule has 1 N–H and O–H groups in total. The van der Waals surface area contributed by atoms with Gasteiger partial charge >= 0.3 is 0 Å². The molecule has 0 bridgehead atoms. The van der Waals surface area contributed by atoms with E-state index in [1.54, 1.807) is 6.07 Å². The zero-order chi connectivity index (χ0) is 15.1. The number of anilines is 1. The first kappa shape index (κ1) is 13.8. The van der Waals surface area contributed by atoms with Gasteiger partial charge in [-0.1, -0.05) is 29.8 Å². The Hall–Kier alpha value is -1.87. The topological polar surface area (TPSA) is 21.3 Å². The van der Waals surface area contributed by atoms with E-state index in [9.17, 15) is 4.39 Å². The van der Waals surface area contributed by atoms with Gasteiger partial charge < -0.3 is 10.1 Å². The molecule has 2 aliphatic rings. The second-order valence-corrected chi connectivity index (χ2v) is 6.36. The molecule has 22 heavy (non-hydrogen) atoms. The monoisotopic (exact) mass is 297 g/mol. The average molecular weight is 297 g/mol. The Balaban J connectivity index is 1.77. The smallest absolute Gasteiger partial charge is 0.123 e. The fourth-order valence-corrected chi connectivity index (χ4v) is 3.75. The molecule has 2 aromatic carbocycles. The van der Waals surface area contributed by atoms with Gasteiger partial charge in [0.1, 0.15) is 5.82 Å². The molecule has 3 atom stereocenters. The largest absolute Gasteiger partial charge is 0.378 e. The van der Waals surface area contributed by atoms with Crippen molar-refractivity contribution in [1.82, 2.24) is 0 Å². The Morgan fingerprint density at radius 3 is 2.77 bits per heavy atom. The summed E-state index contributed by atoms with van der Waals surface area (Å²) in [5, 5.41) is 3.61. The third-order valence-corrected chi connectivity index (χ3v) is 4.86. The standard InChI is InChI=1S/C19H20FNO/c1-12-4-6-13(7-5-12)18-15-3-2-10-22-19(15)16-11-14(20)8-9-17(16)21-18/h4-9,11,15,18-19,21H,2-3,10H2,1H3/t15-,18-,19-/m0/s1. The predicted molar refractivity (Wildman–Crippen MR) is 85.4 cm³/mol. The molecule has 0 amide bonds. The van der Waals surface area contributed by atoms with E-state index in [1.165, 1.54) is 17.2 Å². The van der Waals surface area contributed by atoms with E-state index in [-0.39, 0.29) is 18.0 Å². The number of ether oxygens (including phenoxy) is 1. The maximum absolute atomic E-state index is 13.6. The molecule has 1 fully saturated rings. The molecule has 0 aromatic heterocycles. The molecule has 0 spiro atoms. The minimum Gasteiger partial charge on any atom is -0.378 e. The van der Waals surface area contributed by atoms with Crippen LogP contribution in [-0.2, 0) is 4.74 Å². The number of hydrogen-bond donors (Lipinski definition) is 1. The molecule has 0 aliphatic carbocycles. The van der Waals surface area contributed by atoms with Gasteiger partial charge in [0, 0.05) is 23.8 Å². The van der Waals surface area contributed by atoms with Crippen molar-refractivity contribution in [2.45, 2.75) is 31.9 Å². The molecule has 4 rings (SSSR count). The summed E-state index contributed by atoms with van der Waals surface area (Å²) in [6.45, 7) is 2.86. The highest BCUT2D eigenvalue weighted by atomic mass is 19.1. The van der Waals surface area contributed by atoms with E-state index in [4.69, 9.17) is 4.74 Å². The van der Waals surface area contributed by atoms with Crippen molar-refractivity contribution in [1.29, 1.82) is 0 Å². The molecular formula is C19H20FNO. The molecule has 1 saturated heterocycles. The van der Waals surface area contributed by atoms with Gasteiger partial charge in [0.05, 0.1) is 12.1 Å². The van der Waals surface area contributed by atoms with Crippen LogP contribution in [0, 0.1) is 18.7 Å². The quantitative estimate of drug-likeness (QED) is 0.818. The minimum atomic E-state index is -0.192. The van der Waals surface area contributed by atoms with Crippen LogP contribution in [0.15, 0.2) is 42.5 Å². The predicted octanol–water partition coefficient (Wildman–Crippen LogP) is 4.77. The fourth-order valence-electron chi connectivity index (χ4n) is 3.75. The molecule has 2 aromatic rings. The lowest BCUT2D eigenvalue weighted by Gasteiger charge is -2.43. The van der Waals surface area contributed by atoms with Crippen LogP contribution in [0.25, 0.3) is 0 Å². The zero-order valence-electron chi connectivity index (χ0n) is 12.7. The molecule has 2 aliphatic heterocycles. The highest BCUT2D eigenvalue weighted by Crippen LogP contribution is 2.49. The third kappa shape index (κ3) is 2.30. The molecule has 114 valence electrons. The highest BCUT2D eigenvalue weighted by Gasteiger charge is 2.39. The summed E-state index contributed by atoms with van der Waals surface area (Å²) in [7, 11) is 0. The normalized spacial score (nSPS) is 26.7. The summed E-state index contributed by atoms with van der Waals surface area (Å²) in [4.78, 5) is 0. The number of halogens is 1. The molecule has 0 saturated carbocycles. The Labute approximate surface area is 130 Å². The van der Waals surface area contributed by atoms with Gasteiger partial charge in [-0.3, -0.25) is 0 Å². The fraction of sp³-hybridized carbons (Fsp3) is 0.368. The van der Waals surface area contributed by atoms with E-state index in [1.807, 2.05) is 6.07 Å². The Kier molecular flexibility index (Phi) is 3.38. The van der Waals surface area contributed by atoms with Gasteiger partial charge in [-0.05, 0) is 43.5 Å². The summed E-state index contributed by atoms with van der Waals surface area (Å²) < 4.78 is 19.7. The summed E-state index contributed by atoms with van der Waals surface area (Å²) >= 11 is 0. The second kappa shape index (κ2) is 5.40. The maximum Gasteiger partial charge on any atom is 0.123 e. The molecular weight excluding hydrogens is 277 g/mol. The van der Waals surface area contributed by atoms with Crippen LogP contribution in [0.1, 0.15) is 41.7 Å². The van der Waals surface area contributed by atoms with E-state index >= 15 is 0 Å². The summed E-state index contributed by atoms with van der Waals surface area (Å²) in [6.07, 6.45) is 2.16. The van der Waals surface area contributed by atoms with Crippen molar-refractivity contribution in [3.63, 3.8) is 0 Å². The summed E-state index contributed by atoms with van der Waals surface area (Å²) in [5.74, 6) is 0.160. The Morgan fingerprint density at radius 2 is 1.95 bits per heavy atom. The van der Waals surface area contributed by atoms with Gasteiger partial charge in [-0.25, -0.2) is 4.39 Å². The van der Waals surface area contributed by atoms with Gasteiger partial charge in [0.2, 0.25) is 0 Å². The van der Waals surface area contributed by atoms with E-state index in [2.05, 4.69) is 36.5 Å². The van der Waals surface area contributed by atoms with Gasteiger partial charge in [0.25, 0.3) is 0 Å². The number of nitrogens with one attached hydrogen (secondary N) is 1. The highest BCUT2D eigenvalue weighted by molar-refractivity contribution is 5.57. The van der Waals surface area contributed by atoms with Gasteiger partial charge in [0.15, 0.2) is 0 Å². The van der Waals surface area contributed by atoms with Crippen molar-refractivity contribution in [2.75, 3.05) is 11.9 Å². The average Bonchev–Trinajstić information content (AvgIpc) is 2.55. The first-order chi connectivity index (χ1) is 10.7. The number of hydrogen-bond acceptors (Lipinski definition) is 2. The van der Waals surface area contributed by atoms with Crippen LogP contribution in [-0.4, -0.2) is 6.61 Å². The van der Waals surface area contributed by atoms with Crippen LogP contribution >= 0.6 is 0 Å². The molecule has 0 radical (unpaired) electrons. The molecule has 2 nitrogen and oxygen atoms in total. The summed E-state index contributed by atoms with van der Waals surface area (Å²) in [5.41, 5.74) is 4.50. The number of fused-ring (bicyclic) bond motifs is 3. The van der Waals surface area contributed by atoms with Crippen molar-refractivity contribution >= 4 is 5.69 Å². The first-order valence-electron chi connectivity index (χ1n) is 7.96. The first-order valence-corrected chi connectivity index (χ1v) is 7.96. The van der Waals surface area contributed by atoms with E-state index in [0.717, 1.165) is 30.7 Å². The number of benzene rings is 2. The van der Waals surface area contributed by atoms with Crippen LogP contribution in [0.2, 0.25) is 0 Å². The SMILES string of the molecule is Cc1ccc([C@@H]2Nc3ccc(F)cc3[C@H]3OCCC[C@H]32)cc1. The van der Waals surface area contributed by atoms with Crippen molar-refractivity contribution in [2.24, 2.45) is 5.92 Å². The second-order valence-electron chi connectivity index (χ2n) is 6.36. The molecule has 0 unspecified atom stereocenters. The lowest BCUT2D eigenvalue weighted by Crippen LogP contribution is -2.36. The van der Waals surface area contributed by atoms with Crippen LogP contribution < -0.4 is 5.32 Å². The number of rotatable bonds is 1. The van der Waals surface area contributed by atoms with Gasteiger partial charge in [-0.2, -0.15) is 0 Å². The lowest BCUT2D eigenvalue weighted by molar-refractivity contribution is -0.0382. The number of aryl methyl sites for hydroxylation is 1. The van der Waals surface area contributed by atoms with Crippen LogP contribution in [0.4, 0.5) is 10.1 Å². The third-order valence-electron chi connectivity index (χ3n) is 4.86. The zero-order valence-corrected chi connectivity index (χ0v) is 12.7. The summed E-state index contributed by atoms with van der Waals surface area (Å²) in [6, 6.07) is 13.9. The van der Waals surface area contributed by atoms with Crippen LogP contribution in [0.5, 0.6) is 0 Å². The van der Waals surface area contributed by atoms with Crippen molar-refractivity contribution < 1.29 is 9.13 Å². The maximum atomic E-state index is 13.6. The van der Waals surface area contributed by atoms with E-state index < -0.39 is 0 Å². The van der Waals surface area contributed by atoms with Gasteiger partial charge in [-0.15, -0.1) is 0 Å². The van der Waals surface area contributed by atoms with E-state index in [0.29, 0.717) is 5.92 Å². The Bertz CT molecular complexity index is 682. The van der Waals surface area contributed by atoms with Crippen molar-refractivity contribution in [3.05, 3.63) is 65.0 Å². The van der Waals surface area contributed by atoms with Crippen molar-refractivity contribution in [3.8, 4) is 0 Å². The lowest BCUT2D eigenvalue weighted by atomic mass is 9.77. The van der Waals surface area contributed by atoms with Crippen LogP contribution in [0.3, 0.4) is 0 Å². The minimum absolute atomic E-state index is 0.00740. The Morgan fingerprint density at radius 1 is 1.14 bits per heavy atom.